The molecule has 1 fully saturated rings. The van der Waals surface area contributed by atoms with Crippen molar-refractivity contribution in [1.29, 1.82) is 0 Å². The van der Waals surface area contributed by atoms with Crippen molar-refractivity contribution < 1.29 is 31.9 Å². The van der Waals surface area contributed by atoms with E-state index in [1.54, 1.807) is 12.1 Å². The Kier molecular flexibility index (Phi) is 5.57. The van der Waals surface area contributed by atoms with Gasteiger partial charge in [-0.15, -0.1) is 0 Å². The number of carbonyl (C=O) groups is 2. The van der Waals surface area contributed by atoms with Crippen molar-refractivity contribution in [2.24, 2.45) is 0 Å². The second kappa shape index (κ2) is 8.16. The van der Waals surface area contributed by atoms with E-state index in [2.05, 4.69) is 0 Å². The van der Waals surface area contributed by atoms with Crippen molar-refractivity contribution in [1.82, 2.24) is 4.31 Å². The molecule has 0 spiro atoms. The number of esters is 2. The predicted octanol–water partition coefficient (Wildman–Crippen LogP) is 2.36. The Labute approximate surface area is 173 Å². The maximum Gasteiger partial charge on any atom is 0.347 e. The Morgan fingerprint density at radius 2 is 1.90 bits per heavy atom. The zero-order valence-electron chi connectivity index (χ0n) is 16.0. The molecule has 4 rings (SSSR count). The number of benzene rings is 2. The van der Waals surface area contributed by atoms with Crippen LogP contribution in [-0.4, -0.2) is 43.9 Å². The summed E-state index contributed by atoms with van der Waals surface area (Å²) in [5.74, 6) is -1.82. The van der Waals surface area contributed by atoms with Crippen LogP contribution in [0.3, 0.4) is 0 Å². The van der Waals surface area contributed by atoms with Gasteiger partial charge in [0.25, 0.3) is 0 Å². The van der Waals surface area contributed by atoms with Crippen molar-refractivity contribution in [3.05, 3.63) is 65.5 Å². The fraction of sp³-hybridized carbons (Fsp3) is 0.333. The van der Waals surface area contributed by atoms with Crippen LogP contribution in [0.4, 0.5) is 4.39 Å². The van der Waals surface area contributed by atoms with E-state index < -0.39 is 39.9 Å². The van der Waals surface area contributed by atoms with E-state index in [4.69, 9.17) is 9.47 Å². The highest BCUT2D eigenvalue weighted by molar-refractivity contribution is 7.89. The molecule has 7 nitrogen and oxygen atoms in total. The van der Waals surface area contributed by atoms with Crippen LogP contribution in [0.2, 0.25) is 0 Å². The molecule has 2 atom stereocenters. The van der Waals surface area contributed by atoms with E-state index in [0.29, 0.717) is 12.0 Å². The second-order valence-corrected chi connectivity index (χ2v) is 9.06. The smallest absolute Gasteiger partial charge is 0.347 e. The van der Waals surface area contributed by atoms with Crippen LogP contribution in [0.25, 0.3) is 0 Å². The third-order valence-electron chi connectivity index (χ3n) is 5.30. The van der Waals surface area contributed by atoms with E-state index in [-0.39, 0.29) is 30.9 Å². The van der Waals surface area contributed by atoms with Crippen LogP contribution in [0, 0.1) is 5.82 Å². The van der Waals surface area contributed by atoms with E-state index in [9.17, 15) is 22.4 Å². The molecule has 0 aromatic heterocycles. The molecule has 30 heavy (non-hydrogen) atoms. The molecular weight excluding hydrogens is 413 g/mol. The Balaban J connectivity index is 1.64. The van der Waals surface area contributed by atoms with Gasteiger partial charge in [0.05, 0.1) is 24.0 Å². The van der Waals surface area contributed by atoms with E-state index in [1.165, 1.54) is 16.4 Å². The average Bonchev–Trinajstić information content (AvgIpc) is 3.12. The molecule has 2 aliphatic heterocycles. The highest BCUT2D eigenvalue weighted by Gasteiger charge is 2.39. The maximum absolute atomic E-state index is 13.3. The molecule has 1 saturated heterocycles. The second-order valence-electron chi connectivity index (χ2n) is 7.17. The number of carbonyl (C=O) groups excluding carboxylic acids is 2. The number of nitrogens with zero attached hydrogens (tertiary/aromatic N) is 1. The lowest BCUT2D eigenvalue weighted by atomic mass is 9.92. The fourth-order valence-corrected chi connectivity index (χ4v) is 5.42. The molecule has 0 amide bonds. The molecule has 0 N–H and O–H groups in total. The lowest BCUT2D eigenvalue weighted by molar-refractivity contribution is -0.160. The highest BCUT2D eigenvalue weighted by atomic mass is 32.2. The zero-order valence-corrected chi connectivity index (χ0v) is 16.8. The van der Waals surface area contributed by atoms with Gasteiger partial charge in [-0.3, -0.25) is 4.79 Å². The van der Waals surface area contributed by atoms with Crippen LogP contribution in [0.1, 0.15) is 30.0 Å². The molecular formula is C21H20FNO6S. The van der Waals surface area contributed by atoms with E-state index >= 15 is 0 Å². The van der Waals surface area contributed by atoms with Crippen molar-refractivity contribution in [2.75, 3.05) is 13.2 Å². The number of fused-ring (bicyclic) bond motifs is 1. The minimum Gasteiger partial charge on any atom is -0.463 e. The van der Waals surface area contributed by atoms with Crippen molar-refractivity contribution in [3.8, 4) is 0 Å². The van der Waals surface area contributed by atoms with E-state index in [0.717, 1.165) is 17.7 Å². The summed E-state index contributed by atoms with van der Waals surface area (Å²) in [6.07, 6.45) is -0.444. The molecule has 0 saturated carbocycles. The quantitative estimate of drug-likeness (QED) is 0.673. The lowest BCUT2D eigenvalue weighted by Gasteiger charge is -2.36. The molecule has 2 aliphatic rings. The summed E-state index contributed by atoms with van der Waals surface area (Å²) >= 11 is 0. The van der Waals surface area contributed by atoms with Crippen molar-refractivity contribution in [2.45, 2.75) is 36.3 Å². The monoisotopic (exact) mass is 433 g/mol. The summed E-state index contributed by atoms with van der Waals surface area (Å²) in [6, 6.07) is 11.1. The predicted molar refractivity (Wildman–Crippen MR) is 103 cm³/mol. The van der Waals surface area contributed by atoms with Gasteiger partial charge >= 0.3 is 11.9 Å². The summed E-state index contributed by atoms with van der Waals surface area (Å²) in [5, 5.41) is 0. The first-order valence-electron chi connectivity index (χ1n) is 9.57. The third kappa shape index (κ3) is 3.95. The Morgan fingerprint density at radius 3 is 2.60 bits per heavy atom. The number of cyclic esters (lactones) is 1. The fourth-order valence-electron chi connectivity index (χ4n) is 3.82. The van der Waals surface area contributed by atoms with Crippen LogP contribution >= 0.6 is 0 Å². The number of hydrogen-bond donors (Lipinski definition) is 0. The lowest BCUT2D eigenvalue weighted by Crippen LogP contribution is -2.41. The van der Waals surface area contributed by atoms with Crippen molar-refractivity contribution >= 4 is 22.0 Å². The first-order valence-corrected chi connectivity index (χ1v) is 11.0. The Bertz CT molecular complexity index is 1070. The van der Waals surface area contributed by atoms with Gasteiger partial charge in [-0.25, -0.2) is 17.6 Å². The molecule has 2 aromatic carbocycles. The topological polar surface area (TPSA) is 90.0 Å². The summed E-state index contributed by atoms with van der Waals surface area (Å²) in [5.41, 5.74) is 1.65. The average molecular weight is 433 g/mol. The molecule has 9 heteroatoms. The summed E-state index contributed by atoms with van der Waals surface area (Å²) in [7, 11) is -3.99. The maximum atomic E-state index is 13.3. The highest BCUT2D eigenvalue weighted by Crippen LogP contribution is 2.36. The number of ether oxygens (including phenoxy) is 2. The normalized spacial score (nSPS) is 21.7. The number of halogens is 1. The zero-order chi connectivity index (χ0) is 21.3. The number of rotatable bonds is 5. The molecule has 0 bridgehead atoms. The van der Waals surface area contributed by atoms with Gasteiger partial charge < -0.3 is 9.47 Å². The molecule has 158 valence electrons. The summed E-state index contributed by atoms with van der Waals surface area (Å²) in [4.78, 5) is 24.1. The summed E-state index contributed by atoms with van der Waals surface area (Å²) in [6.45, 7) is 0.355. The van der Waals surface area contributed by atoms with Crippen LogP contribution < -0.4 is 0 Å². The van der Waals surface area contributed by atoms with Gasteiger partial charge in [0.2, 0.25) is 16.1 Å². The first kappa shape index (κ1) is 20.5. The van der Waals surface area contributed by atoms with Crippen LogP contribution in [0.15, 0.2) is 53.4 Å². The largest absolute Gasteiger partial charge is 0.463 e. The summed E-state index contributed by atoms with van der Waals surface area (Å²) < 4.78 is 51.1. The molecule has 0 aliphatic carbocycles. The first-order chi connectivity index (χ1) is 14.4. The van der Waals surface area contributed by atoms with Crippen LogP contribution in [0.5, 0.6) is 0 Å². The minimum absolute atomic E-state index is 0.0546. The van der Waals surface area contributed by atoms with Crippen LogP contribution in [-0.2, 0) is 35.5 Å². The Hall–Kier alpha value is -2.78. The van der Waals surface area contributed by atoms with Gasteiger partial charge in [-0.1, -0.05) is 24.3 Å². The molecule has 0 unspecified atom stereocenters. The van der Waals surface area contributed by atoms with Gasteiger partial charge in [0.15, 0.2) is 0 Å². The van der Waals surface area contributed by atoms with Gasteiger partial charge in [0.1, 0.15) is 5.82 Å². The third-order valence-corrected chi connectivity index (χ3v) is 7.23. The van der Waals surface area contributed by atoms with Gasteiger partial charge in [-0.2, -0.15) is 4.31 Å². The molecule has 0 radical (unpaired) electrons. The van der Waals surface area contributed by atoms with Gasteiger partial charge in [-0.05, 0) is 41.8 Å². The Morgan fingerprint density at radius 1 is 1.17 bits per heavy atom. The van der Waals surface area contributed by atoms with Crippen molar-refractivity contribution in [3.63, 3.8) is 0 Å². The van der Waals surface area contributed by atoms with E-state index in [1.807, 2.05) is 12.1 Å². The number of sulfonamides is 1. The SMILES string of the molecule is O=C(C[C@H]1c2ccccc2CCN1S(=O)(=O)c1ccc(F)cc1)O[C@@H]1CCOC1=O. The number of hydrogen-bond acceptors (Lipinski definition) is 6. The standard InChI is InChI=1S/C21H20FNO6S/c22-15-5-7-16(8-6-15)30(26,27)23-11-9-14-3-1-2-4-17(14)18(23)13-20(24)29-19-10-12-28-21(19)25/h1-8,18-19H,9-13H2/t18-,19+/m0/s1. The minimum atomic E-state index is -3.99. The van der Waals surface area contributed by atoms with Gasteiger partial charge in [0, 0.05) is 13.0 Å². The molecule has 2 heterocycles. The molecule has 2 aromatic rings.